The van der Waals surface area contributed by atoms with E-state index in [1.807, 2.05) is 0 Å². The normalized spacial score (nSPS) is 52.9. The average molecular weight is 492 g/mol. The van der Waals surface area contributed by atoms with Crippen LogP contribution in [-0.2, 0) is 19.0 Å². The second-order valence-corrected chi connectivity index (χ2v) is 13.7. The molecular formula is C28H45NO6. The number of hydrogen-bond donors (Lipinski definition) is 2. The highest BCUT2D eigenvalue weighted by atomic mass is 16.8. The molecule has 2 aliphatic heterocycles. The van der Waals surface area contributed by atoms with E-state index in [2.05, 4.69) is 46.9 Å². The number of fused-ring (bicyclic) bond motifs is 5. The first-order valence-corrected chi connectivity index (χ1v) is 13.7. The Morgan fingerprint density at radius 2 is 1.77 bits per heavy atom. The molecule has 0 aromatic carbocycles. The summed E-state index contributed by atoms with van der Waals surface area (Å²) in [5.74, 6) is 0.310. The van der Waals surface area contributed by atoms with Gasteiger partial charge in [0.2, 0.25) is 0 Å². The minimum Gasteiger partial charge on any atom is -0.462 e. The number of cyclic esters (lactones) is 1. The van der Waals surface area contributed by atoms with E-state index < -0.39 is 28.7 Å². The third-order valence-corrected chi connectivity index (χ3v) is 12.2. The molecule has 7 nitrogen and oxygen atoms in total. The first-order chi connectivity index (χ1) is 16.2. The van der Waals surface area contributed by atoms with Gasteiger partial charge in [-0.15, -0.1) is 0 Å². The third-order valence-electron chi connectivity index (χ3n) is 12.2. The molecule has 2 heterocycles. The van der Waals surface area contributed by atoms with E-state index in [9.17, 15) is 14.7 Å². The number of carbonyl (C=O) groups excluding carboxylic acids is 2. The molecule has 0 aromatic heterocycles. The Labute approximate surface area is 210 Å². The second-order valence-electron chi connectivity index (χ2n) is 13.7. The van der Waals surface area contributed by atoms with Crippen LogP contribution in [0.1, 0.15) is 87.0 Å². The zero-order valence-corrected chi connectivity index (χ0v) is 22.6. The number of esters is 1. The maximum absolute atomic E-state index is 13.1. The summed E-state index contributed by atoms with van der Waals surface area (Å²) in [6.07, 6.45) is 3.52. The predicted molar refractivity (Wildman–Crippen MR) is 130 cm³/mol. The molecule has 0 radical (unpaired) electrons. The molecule has 2 saturated heterocycles. The number of rotatable bonds is 2. The zero-order valence-electron chi connectivity index (χ0n) is 22.6. The summed E-state index contributed by atoms with van der Waals surface area (Å²) in [7, 11) is 0. The number of carbonyl (C=O) groups is 2. The molecule has 35 heavy (non-hydrogen) atoms. The first-order valence-electron chi connectivity index (χ1n) is 13.7. The van der Waals surface area contributed by atoms with Gasteiger partial charge in [0.1, 0.15) is 17.8 Å². The fourth-order valence-corrected chi connectivity index (χ4v) is 9.99. The Bertz CT molecular complexity index is 900. The van der Waals surface area contributed by atoms with Gasteiger partial charge >= 0.3 is 12.1 Å². The second kappa shape index (κ2) is 7.83. The largest absolute Gasteiger partial charge is 0.509 e. The lowest BCUT2D eigenvalue weighted by atomic mass is 9.34. The zero-order chi connectivity index (χ0) is 25.6. The van der Waals surface area contributed by atoms with Crippen LogP contribution in [-0.4, -0.2) is 54.2 Å². The van der Waals surface area contributed by atoms with E-state index >= 15 is 0 Å². The Balaban J connectivity index is 1.66. The SMILES string of the molecule is CC(=O)O[C@@H]1CC2C(C)(C)[C@H](O)CC[C@]2(C)C2CC[C@@]3(C)C([C@@H]4CCNC4)OC(=O)OC3(C)C21C. The van der Waals surface area contributed by atoms with Crippen molar-refractivity contribution in [3.8, 4) is 0 Å². The van der Waals surface area contributed by atoms with Gasteiger partial charge in [-0.2, -0.15) is 0 Å². The molecule has 3 saturated carbocycles. The third kappa shape index (κ3) is 3.15. The standard InChI is InChI=1S/C28H45NO6/c1-16(30)33-21-14-19-24(2,3)20(31)9-11-25(19,4)18-8-12-26(5)22(17-10-13-29-15-17)34-23(32)35-28(26,7)27(18,21)6/h17-22,29,31H,8-15H2,1-7H3/t17-,18?,19?,20-,21-,22?,25-,26+,27?,28?/m1/s1. The lowest BCUT2D eigenvalue weighted by Gasteiger charge is -2.73. The van der Waals surface area contributed by atoms with E-state index in [4.69, 9.17) is 14.2 Å². The van der Waals surface area contributed by atoms with Gasteiger partial charge in [-0.25, -0.2) is 4.79 Å². The van der Waals surface area contributed by atoms with Gasteiger partial charge in [-0.3, -0.25) is 4.79 Å². The molecule has 5 rings (SSSR count). The number of ether oxygens (including phenoxy) is 3. The summed E-state index contributed by atoms with van der Waals surface area (Å²) in [5.41, 5.74) is -2.21. The van der Waals surface area contributed by atoms with E-state index in [0.29, 0.717) is 6.42 Å². The molecule has 7 heteroatoms. The van der Waals surface area contributed by atoms with Crippen molar-refractivity contribution < 1.29 is 28.9 Å². The lowest BCUT2D eigenvalue weighted by Crippen LogP contribution is -2.78. The minimum atomic E-state index is -0.861. The number of nitrogens with one attached hydrogen (secondary N) is 1. The number of aliphatic hydroxyl groups excluding tert-OH is 1. The van der Waals surface area contributed by atoms with Crippen LogP contribution in [0.5, 0.6) is 0 Å². The van der Waals surface area contributed by atoms with Gasteiger partial charge in [0.05, 0.1) is 6.10 Å². The monoisotopic (exact) mass is 491 g/mol. The molecule has 5 unspecified atom stereocenters. The van der Waals surface area contributed by atoms with Gasteiger partial charge in [-0.05, 0) is 74.7 Å². The topological polar surface area (TPSA) is 94.1 Å². The van der Waals surface area contributed by atoms with Crippen LogP contribution in [0.4, 0.5) is 4.79 Å². The maximum Gasteiger partial charge on any atom is 0.509 e. The van der Waals surface area contributed by atoms with Crippen LogP contribution in [0.15, 0.2) is 0 Å². The Morgan fingerprint density at radius 3 is 2.40 bits per heavy atom. The predicted octanol–water partition coefficient (Wildman–Crippen LogP) is 4.45. The van der Waals surface area contributed by atoms with Gasteiger partial charge < -0.3 is 24.6 Å². The van der Waals surface area contributed by atoms with E-state index in [0.717, 1.165) is 45.2 Å². The summed E-state index contributed by atoms with van der Waals surface area (Å²) >= 11 is 0. The molecular weight excluding hydrogens is 446 g/mol. The number of aliphatic hydroxyl groups is 1. The molecule has 10 atom stereocenters. The fraction of sp³-hybridized carbons (Fsp3) is 0.929. The highest BCUT2D eigenvalue weighted by molar-refractivity contribution is 5.66. The smallest absolute Gasteiger partial charge is 0.462 e. The molecule has 0 amide bonds. The average Bonchev–Trinajstić information content (AvgIpc) is 3.29. The van der Waals surface area contributed by atoms with E-state index in [-0.39, 0.29) is 46.8 Å². The molecule has 2 N–H and O–H groups in total. The summed E-state index contributed by atoms with van der Waals surface area (Å²) in [6.45, 7) is 16.5. The van der Waals surface area contributed by atoms with Gasteiger partial charge in [0.25, 0.3) is 0 Å². The fourth-order valence-electron chi connectivity index (χ4n) is 9.99. The van der Waals surface area contributed by atoms with Crippen molar-refractivity contribution in [2.24, 2.45) is 39.4 Å². The Morgan fingerprint density at radius 1 is 1.06 bits per heavy atom. The van der Waals surface area contributed by atoms with Crippen LogP contribution in [0, 0.1) is 39.4 Å². The summed E-state index contributed by atoms with van der Waals surface area (Å²) in [5, 5.41) is 14.4. The molecule has 198 valence electrons. The van der Waals surface area contributed by atoms with Crippen LogP contribution < -0.4 is 5.32 Å². The van der Waals surface area contributed by atoms with E-state index in [1.165, 1.54) is 6.92 Å². The minimum absolute atomic E-state index is 0.0619. The van der Waals surface area contributed by atoms with Crippen molar-refractivity contribution in [1.82, 2.24) is 5.32 Å². The molecule has 0 spiro atoms. The Kier molecular flexibility index (Phi) is 5.66. The summed E-state index contributed by atoms with van der Waals surface area (Å²) in [6, 6.07) is 0. The van der Waals surface area contributed by atoms with Crippen molar-refractivity contribution in [1.29, 1.82) is 0 Å². The molecule has 0 bridgehead atoms. The Hall–Kier alpha value is -1.34. The van der Waals surface area contributed by atoms with Crippen molar-refractivity contribution in [2.75, 3.05) is 13.1 Å². The first kappa shape index (κ1) is 25.3. The molecule has 3 aliphatic carbocycles. The van der Waals surface area contributed by atoms with Crippen molar-refractivity contribution in [3.05, 3.63) is 0 Å². The van der Waals surface area contributed by atoms with Crippen LogP contribution in [0.2, 0.25) is 0 Å². The molecule has 5 fully saturated rings. The van der Waals surface area contributed by atoms with Crippen molar-refractivity contribution in [3.63, 3.8) is 0 Å². The highest BCUT2D eigenvalue weighted by Crippen LogP contribution is 2.74. The van der Waals surface area contributed by atoms with Crippen LogP contribution >= 0.6 is 0 Å². The maximum atomic E-state index is 13.1. The molecule has 5 aliphatic rings. The van der Waals surface area contributed by atoms with Crippen molar-refractivity contribution in [2.45, 2.75) is 111 Å². The lowest BCUT2D eigenvalue weighted by molar-refractivity contribution is -0.339. The van der Waals surface area contributed by atoms with Crippen LogP contribution in [0.3, 0.4) is 0 Å². The quantitative estimate of drug-likeness (QED) is 0.551. The van der Waals surface area contributed by atoms with Gasteiger partial charge in [-0.1, -0.05) is 34.6 Å². The number of hydrogen-bond acceptors (Lipinski definition) is 7. The summed E-state index contributed by atoms with van der Waals surface area (Å²) < 4.78 is 18.5. The van der Waals surface area contributed by atoms with Crippen LogP contribution in [0.25, 0.3) is 0 Å². The van der Waals surface area contributed by atoms with Crippen molar-refractivity contribution >= 4 is 12.1 Å². The highest BCUT2D eigenvalue weighted by Gasteiger charge is 2.78. The van der Waals surface area contributed by atoms with Gasteiger partial charge in [0, 0.05) is 30.2 Å². The molecule has 0 aromatic rings. The van der Waals surface area contributed by atoms with Gasteiger partial charge in [0.15, 0.2) is 0 Å². The summed E-state index contributed by atoms with van der Waals surface area (Å²) in [4.78, 5) is 25.5. The van der Waals surface area contributed by atoms with E-state index in [1.54, 1.807) is 0 Å².